The van der Waals surface area contributed by atoms with Gasteiger partial charge >= 0.3 is 0 Å². The standard InChI is InChI=1S/C15H11N3O4/c16-9-11-4-6-14(7-5-11)22-10-15(19)17-12-2-1-3-13(8-12)18(20)21/h1-8H,10H2,(H,17,19). The van der Waals surface area contributed by atoms with Gasteiger partial charge in [-0.05, 0) is 30.3 Å². The third kappa shape index (κ3) is 4.05. The molecule has 1 N–H and O–H groups in total. The molecule has 0 unspecified atom stereocenters. The summed E-state index contributed by atoms with van der Waals surface area (Å²) in [6, 6.07) is 13.9. The molecular formula is C15H11N3O4. The van der Waals surface area contributed by atoms with E-state index in [4.69, 9.17) is 10.00 Å². The number of anilines is 1. The first-order valence-electron chi connectivity index (χ1n) is 6.26. The van der Waals surface area contributed by atoms with Crippen molar-refractivity contribution in [3.05, 3.63) is 64.2 Å². The second-order valence-corrected chi connectivity index (χ2v) is 4.28. The van der Waals surface area contributed by atoms with Gasteiger partial charge in [0.15, 0.2) is 6.61 Å². The zero-order valence-corrected chi connectivity index (χ0v) is 11.4. The Morgan fingerprint density at radius 1 is 1.27 bits per heavy atom. The number of hydrogen-bond donors (Lipinski definition) is 1. The van der Waals surface area contributed by atoms with Gasteiger partial charge in [0.1, 0.15) is 5.75 Å². The number of hydrogen-bond acceptors (Lipinski definition) is 5. The molecule has 7 heteroatoms. The molecule has 0 heterocycles. The number of non-ortho nitro benzene ring substituents is 1. The summed E-state index contributed by atoms with van der Waals surface area (Å²) < 4.78 is 5.26. The summed E-state index contributed by atoms with van der Waals surface area (Å²) in [7, 11) is 0. The summed E-state index contributed by atoms with van der Waals surface area (Å²) in [5.74, 6) is 0.0121. The molecule has 2 rings (SSSR count). The number of benzene rings is 2. The van der Waals surface area contributed by atoms with Crippen molar-refractivity contribution in [3.63, 3.8) is 0 Å². The van der Waals surface area contributed by atoms with E-state index in [0.717, 1.165) is 0 Å². The number of nitrogens with zero attached hydrogens (tertiary/aromatic N) is 2. The number of nitro groups is 1. The molecular weight excluding hydrogens is 286 g/mol. The van der Waals surface area contributed by atoms with Gasteiger partial charge in [-0.1, -0.05) is 6.07 Å². The second-order valence-electron chi connectivity index (χ2n) is 4.28. The fourth-order valence-electron chi connectivity index (χ4n) is 1.67. The second kappa shape index (κ2) is 6.85. The van der Waals surface area contributed by atoms with Crippen molar-refractivity contribution in [1.29, 1.82) is 5.26 Å². The summed E-state index contributed by atoms with van der Waals surface area (Å²) in [5.41, 5.74) is 0.710. The van der Waals surface area contributed by atoms with Crippen LogP contribution in [0.2, 0.25) is 0 Å². The Balaban J connectivity index is 1.91. The first-order chi connectivity index (χ1) is 10.6. The van der Waals surface area contributed by atoms with Gasteiger partial charge in [-0.25, -0.2) is 0 Å². The van der Waals surface area contributed by atoms with Gasteiger partial charge in [0.05, 0.1) is 16.6 Å². The van der Waals surface area contributed by atoms with Gasteiger partial charge in [0.2, 0.25) is 0 Å². The summed E-state index contributed by atoms with van der Waals surface area (Å²) >= 11 is 0. The van der Waals surface area contributed by atoms with Crippen LogP contribution < -0.4 is 10.1 Å². The van der Waals surface area contributed by atoms with Crippen LogP contribution >= 0.6 is 0 Å². The van der Waals surface area contributed by atoms with Crippen LogP contribution in [0, 0.1) is 21.4 Å². The first kappa shape index (κ1) is 15.0. The lowest BCUT2D eigenvalue weighted by Gasteiger charge is -2.07. The van der Waals surface area contributed by atoms with Crippen LogP contribution in [0.1, 0.15) is 5.56 Å². The van der Waals surface area contributed by atoms with Gasteiger partial charge in [0, 0.05) is 17.8 Å². The highest BCUT2D eigenvalue weighted by molar-refractivity contribution is 5.92. The predicted molar refractivity (Wildman–Crippen MR) is 78.4 cm³/mol. The molecule has 0 saturated carbocycles. The van der Waals surface area contributed by atoms with Gasteiger partial charge in [0.25, 0.3) is 11.6 Å². The van der Waals surface area contributed by atoms with Crippen molar-refractivity contribution in [2.24, 2.45) is 0 Å². The first-order valence-corrected chi connectivity index (χ1v) is 6.26. The fourth-order valence-corrected chi connectivity index (χ4v) is 1.67. The highest BCUT2D eigenvalue weighted by Crippen LogP contribution is 2.17. The van der Waals surface area contributed by atoms with Crippen molar-refractivity contribution in [3.8, 4) is 11.8 Å². The molecule has 0 aromatic heterocycles. The Morgan fingerprint density at radius 2 is 2.00 bits per heavy atom. The van der Waals surface area contributed by atoms with Crippen LogP contribution in [0.25, 0.3) is 0 Å². The molecule has 0 spiro atoms. The Morgan fingerprint density at radius 3 is 2.64 bits per heavy atom. The number of carbonyl (C=O) groups is 1. The van der Waals surface area contributed by atoms with E-state index in [0.29, 0.717) is 17.0 Å². The molecule has 0 aliphatic rings. The lowest BCUT2D eigenvalue weighted by molar-refractivity contribution is -0.384. The van der Waals surface area contributed by atoms with Crippen LogP contribution in [0.4, 0.5) is 11.4 Å². The van der Waals surface area contributed by atoms with E-state index in [2.05, 4.69) is 5.32 Å². The van der Waals surface area contributed by atoms with Crippen molar-refractivity contribution < 1.29 is 14.5 Å². The molecule has 0 fully saturated rings. The topological polar surface area (TPSA) is 105 Å². The van der Waals surface area contributed by atoms with E-state index in [1.807, 2.05) is 6.07 Å². The fraction of sp³-hybridized carbons (Fsp3) is 0.0667. The van der Waals surface area contributed by atoms with Crippen LogP contribution in [0.5, 0.6) is 5.75 Å². The average molecular weight is 297 g/mol. The lowest BCUT2D eigenvalue weighted by Crippen LogP contribution is -2.20. The smallest absolute Gasteiger partial charge is 0.271 e. The normalized spacial score (nSPS) is 9.59. The molecule has 2 aromatic rings. The van der Waals surface area contributed by atoms with E-state index in [1.165, 1.54) is 18.2 Å². The van der Waals surface area contributed by atoms with Crippen molar-refractivity contribution in [2.75, 3.05) is 11.9 Å². The van der Waals surface area contributed by atoms with Crippen LogP contribution in [0.3, 0.4) is 0 Å². The average Bonchev–Trinajstić information content (AvgIpc) is 2.53. The number of carbonyl (C=O) groups excluding carboxylic acids is 1. The number of rotatable bonds is 5. The van der Waals surface area contributed by atoms with Crippen molar-refractivity contribution in [1.82, 2.24) is 0 Å². The molecule has 0 radical (unpaired) electrons. The van der Waals surface area contributed by atoms with E-state index >= 15 is 0 Å². The van der Waals surface area contributed by atoms with Crippen molar-refractivity contribution >= 4 is 17.3 Å². The zero-order chi connectivity index (χ0) is 15.9. The predicted octanol–water partition coefficient (Wildman–Crippen LogP) is 2.48. The maximum atomic E-state index is 11.7. The zero-order valence-electron chi connectivity index (χ0n) is 11.4. The Kier molecular flexibility index (Phi) is 4.67. The third-order valence-corrected chi connectivity index (χ3v) is 2.69. The largest absolute Gasteiger partial charge is 0.484 e. The Bertz CT molecular complexity index is 735. The highest BCUT2D eigenvalue weighted by atomic mass is 16.6. The summed E-state index contributed by atoms with van der Waals surface area (Å²) in [6.45, 7) is -0.241. The molecule has 7 nitrogen and oxygen atoms in total. The van der Waals surface area contributed by atoms with E-state index in [-0.39, 0.29) is 12.3 Å². The molecule has 0 bridgehead atoms. The molecule has 1 amide bonds. The minimum Gasteiger partial charge on any atom is -0.484 e. The van der Waals surface area contributed by atoms with E-state index in [9.17, 15) is 14.9 Å². The highest BCUT2D eigenvalue weighted by Gasteiger charge is 2.08. The molecule has 0 aliphatic heterocycles. The minimum atomic E-state index is -0.539. The van der Waals surface area contributed by atoms with Crippen LogP contribution in [0.15, 0.2) is 48.5 Å². The maximum absolute atomic E-state index is 11.7. The number of nitro benzene ring substituents is 1. The summed E-state index contributed by atoms with van der Waals surface area (Å²) in [6.07, 6.45) is 0. The Labute approximate surface area is 125 Å². The quantitative estimate of drug-likeness (QED) is 0.674. The SMILES string of the molecule is N#Cc1ccc(OCC(=O)Nc2cccc([N+](=O)[O-])c2)cc1. The minimum absolute atomic E-state index is 0.106. The molecule has 0 saturated heterocycles. The number of ether oxygens (including phenoxy) is 1. The van der Waals surface area contributed by atoms with Gasteiger partial charge < -0.3 is 10.1 Å². The number of nitrogens with one attached hydrogen (secondary N) is 1. The van der Waals surface area contributed by atoms with Crippen LogP contribution in [-0.2, 0) is 4.79 Å². The van der Waals surface area contributed by atoms with Gasteiger partial charge in [-0.15, -0.1) is 0 Å². The van der Waals surface area contributed by atoms with Gasteiger partial charge in [-0.2, -0.15) is 5.26 Å². The summed E-state index contributed by atoms with van der Waals surface area (Å²) in [4.78, 5) is 21.8. The molecule has 22 heavy (non-hydrogen) atoms. The third-order valence-electron chi connectivity index (χ3n) is 2.69. The van der Waals surface area contributed by atoms with Crippen molar-refractivity contribution in [2.45, 2.75) is 0 Å². The van der Waals surface area contributed by atoms with E-state index < -0.39 is 10.8 Å². The maximum Gasteiger partial charge on any atom is 0.271 e. The monoisotopic (exact) mass is 297 g/mol. The Hall–Kier alpha value is -3.40. The lowest BCUT2D eigenvalue weighted by atomic mass is 10.2. The molecule has 0 aliphatic carbocycles. The van der Waals surface area contributed by atoms with Crippen LogP contribution in [-0.4, -0.2) is 17.4 Å². The number of amides is 1. The molecule has 0 atom stereocenters. The van der Waals surface area contributed by atoms with Gasteiger partial charge in [-0.3, -0.25) is 14.9 Å². The number of nitriles is 1. The molecule has 2 aromatic carbocycles. The summed E-state index contributed by atoms with van der Waals surface area (Å²) in [5, 5.41) is 21.8. The van der Waals surface area contributed by atoms with E-state index in [1.54, 1.807) is 30.3 Å². The molecule has 110 valence electrons.